The normalized spacial score (nSPS) is 10.4. The number of hydrogen-bond donors (Lipinski definition) is 2. The van der Waals surface area contributed by atoms with Crippen LogP contribution in [0.2, 0.25) is 0 Å². The standard InChI is InChI=1S/C9H8N2O2S2/c10-9-11-7(8(12)13)6(15-9)4-5-2-1-3-14-5/h1-3H,4H2,(H2,10,11)(H,12,13). The van der Waals surface area contributed by atoms with E-state index in [-0.39, 0.29) is 5.69 Å². The van der Waals surface area contributed by atoms with Crippen molar-refractivity contribution in [3.05, 3.63) is 33.0 Å². The van der Waals surface area contributed by atoms with Gasteiger partial charge in [-0.2, -0.15) is 0 Å². The van der Waals surface area contributed by atoms with Gasteiger partial charge >= 0.3 is 5.97 Å². The Hall–Kier alpha value is -1.40. The van der Waals surface area contributed by atoms with Gasteiger partial charge in [-0.25, -0.2) is 9.78 Å². The summed E-state index contributed by atoms with van der Waals surface area (Å²) in [6, 6.07) is 3.90. The van der Waals surface area contributed by atoms with Gasteiger partial charge in [-0.3, -0.25) is 0 Å². The lowest BCUT2D eigenvalue weighted by Gasteiger charge is -1.94. The van der Waals surface area contributed by atoms with Crippen molar-refractivity contribution in [2.24, 2.45) is 0 Å². The number of nitrogens with two attached hydrogens (primary N) is 1. The Morgan fingerprint density at radius 3 is 3.00 bits per heavy atom. The van der Waals surface area contributed by atoms with Crippen LogP contribution in [0.4, 0.5) is 5.13 Å². The second-order valence-electron chi connectivity index (χ2n) is 2.89. The Labute approximate surface area is 94.0 Å². The van der Waals surface area contributed by atoms with Crippen molar-refractivity contribution in [2.75, 3.05) is 5.73 Å². The fraction of sp³-hybridized carbons (Fsp3) is 0.111. The molecule has 2 rings (SSSR count). The average molecular weight is 240 g/mol. The summed E-state index contributed by atoms with van der Waals surface area (Å²) >= 11 is 2.83. The molecular weight excluding hydrogens is 232 g/mol. The van der Waals surface area contributed by atoms with Gasteiger partial charge in [0.2, 0.25) is 0 Å². The Morgan fingerprint density at radius 2 is 2.40 bits per heavy atom. The summed E-state index contributed by atoms with van der Waals surface area (Å²) in [5.41, 5.74) is 5.57. The first-order chi connectivity index (χ1) is 7.16. The van der Waals surface area contributed by atoms with Gasteiger partial charge in [0.15, 0.2) is 10.8 Å². The highest BCUT2D eigenvalue weighted by Crippen LogP contribution is 2.25. The number of carboxylic acids is 1. The summed E-state index contributed by atoms with van der Waals surface area (Å²) < 4.78 is 0. The second kappa shape index (κ2) is 4.00. The first-order valence-corrected chi connectivity index (χ1v) is 5.87. The predicted octanol–water partition coefficient (Wildman–Crippen LogP) is 2.08. The molecule has 0 saturated heterocycles. The lowest BCUT2D eigenvalue weighted by Crippen LogP contribution is -2.01. The minimum Gasteiger partial charge on any atom is -0.476 e. The van der Waals surface area contributed by atoms with Gasteiger partial charge in [0, 0.05) is 16.2 Å². The average Bonchev–Trinajstić information content (AvgIpc) is 2.75. The van der Waals surface area contributed by atoms with Gasteiger partial charge in [0.05, 0.1) is 0 Å². The number of anilines is 1. The Bertz CT molecular complexity index is 476. The zero-order chi connectivity index (χ0) is 10.8. The molecular formula is C9H8N2O2S2. The zero-order valence-electron chi connectivity index (χ0n) is 7.64. The van der Waals surface area contributed by atoms with Crippen molar-refractivity contribution >= 4 is 33.8 Å². The molecule has 3 N–H and O–H groups in total. The van der Waals surface area contributed by atoms with Crippen LogP contribution in [0.1, 0.15) is 20.2 Å². The summed E-state index contributed by atoms with van der Waals surface area (Å²) in [5, 5.41) is 11.2. The van der Waals surface area contributed by atoms with Crippen LogP contribution in [0.15, 0.2) is 17.5 Å². The smallest absolute Gasteiger partial charge is 0.355 e. The summed E-state index contributed by atoms with van der Waals surface area (Å²) in [6.45, 7) is 0. The lowest BCUT2D eigenvalue weighted by atomic mass is 10.2. The van der Waals surface area contributed by atoms with Crippen LogP contribution in [0.25, 0.3) is 0 Å². The highest BCUT2D eigenvalue weighted by atomic mass is 32.1. The number of carbonyl (C=O) groups is 1. The number of rotatable bonds is 3. The van der Waals surface area contributed by atoms with Gasteiger partial charge in [0.25, 0.3) is 0 Å². The summed E-state index contributed by atoms with van der Waals surface area (Å²) in [7, 11) is 0. The number of aromatic nitrogens is 1. The van der Waals surface area contributed by atoms with Gasteiger partial charge in [0.1, 0.15) is 0 Å². The number of thiazole rings is 1. The fourth-order valence-electron chi connectivity index (χ4n) is 1.23. The molecule has 2 heterocycles. The van der Waals surface area contributed by atoms with Crippen LogP contribution in [0, 0.1) is 0 Å². The first-order valence-electron chi connectivity index (χ1n) is 4.17. The molecule has 2 aromatic heterocycles. The molecule has 0 amide bonds. The van der Waals surface area contributed by atoms with Crippen LogP contribution in [0.5, 0.6) is 0 Å². The number of nitrogens with zero attached hydrogens (tertiary/aromatic N) is 1. The minimum absolute atomic E-state index is 0.0749. The largest absolute Gasteiger partial charge is 0.476 e. The first kappa shape index (κ1) is 10.1. The monoisotopic (exact) mass is 240 g/mol. The van der Waals surface area contributed by atoms with E-state index in [9.17, 15) is 4.79 Å². The third-order valence-corrected chi connectivity index (χ3v) is 3.59. The van der Waals surface area contributed by atoms with E-state index in [0.29, 0.717) is 16.4 Å². The molecule has 0 radical (unpaired) electrons. The van der Waals surface area contributed by atoms with Crippen molar-refractivity contribution in [2.45, 2.75) is 6.42 Å². The maximum Gasteiger partial charge on any atom is 0.355 e. The second-order valence-corrected chi connectivity index (χ2v) is 5.03. The minimum atomic E-state index is -1.02. The number of nitrogen functional groups attached to an aromatic ring is 1. The van der Waals surface area contributed by atoms with Gasteiger partial charge < -0.3 is 10.8 Å². The Balaban J connectivity index is 2.31. The number of thiophene rings is 1. The molecule has 0 bridgehead atoms. The molecule has 4 nitrogen and oxygen atoms in total. The van der Waals surface area contributed by atoms with E-state index >= 15 is 0 Å². The van der Waals surface area contributed by atoms with Crippen molar-refractivity contribution in [1.82, 2.24) is 4.98 Å². The molecule has 0 fully saturated rings. The van der Waals surface area contributed by atoms with E-state index in [4.69, 9.17) is 10.8 Å². The predicted molar refractivity (Wildman–Crippen MR) is 60.6 cm³/mol. The molecule has 0 aromatic carbocycles. The highest BCUT2D eigenvalue weighted by Gasteiger charge is 2.16. The van der Waals surface area contributed by atoms with Crippen molar-refractivity contribution in [3.63, 3.8) is 0 Å². The molecule has 0 atom stereocenters. The van der Waals surface area contributed by atoms with E-state index in [0.717, 1.165) is 4.88 Å². The number of hydrogen-bond acceptors (Lipinski definition) is 5. The van der Waals surface area contributed by atoms with Crippen LogP contribution in [-0.2, 0) is 6.42 Å². The third kappa shape index (κ3) is 2.16. The summed E-state index contributed by atoms with van der Waals surface area (Å²) in [6.07, 6.45) is 0.591. The van der Waals surface area contributed by atoms with Crippen LogP contribution in [-0.4, -0.2) is 16.1 Å². The van der Waals surface area contributed by atoms with Crippen molar-refractivity contribution < 1.29 is 9.90 Å². The number of carboxylic acid groups (broad SMARTS) is 1. The fourth-order valence-corrected chi connectivity index (χ4v) is 2.88. The van der Waals surface area contributed by atoms with E-state index in [2.05, 4.69) is 4.98 Å². The van der Waals surface area contributed by atoms with Crippen LogP contribution >= 0.6 is 22.7 Å². The van der Waals surface area contributed by atoms with Crippen molar-refractivity contribution in [1.29, 1.82) is 0 Å². The van der Waals surface area contributed by atoms with Crippen LogP contribution in [0.3, 0.4) is 0 Å². The molecule has 15 heavy (non-hydrogen) atoms. The van der Waals surface area contributed by atoms with Gasteiger partial charge in [-0.1, -0.05) is 6.07 Å². The molecule has 0 unspecified atom stereocenters. The van der Waals surface area contributed by atoms with Crippen LogP contribution < -0.4 is 5.73 Å². The maximum atomic E-state index is 10.9. The Morgan fingerprint density at radius 1 is 1.60 bits per heavy atom. The molecule has 0 aliphatic rings. The molecule has 6 heteroatoms. The third-order valence-electron chi connectivity index (χ3n) is 1.83. The van der Waals surface area contributed by atoms with E-state index in [1.165, 1.54) is 11.3 Å². The lowest BCUT2D eigenvalue weighted by molar-refractivity contribution is 0.0690. The van der Waals surface area contributed by atoms with E-state index in [1.807, 2.05) is 17.5 Å². The van der Waals surface area contributed by atoms with E-state index in [1.54, 1.807) is 11.3 Å². The molecule has 78 valence electrons. The quantitative estimate of drug-likeness (QED) is 0.861. The summed E-state index contributed by atoms with van der Waals surface area (Å²) in [5.74, 6) is -1.02. The maximum absolute atomic E-state index is 10.9. The highest BCUT2D eigenvalue weighted by molar-refractivity contribution is 7.16. The number of aromatic carboxylic acids is 1. The van der Waals surface area contributed by atoms with E-state index < -0.39 is 5.97 Å². The van der Waals surface area contributed by atoms with Gasteiger partial charge in [-0.05, 0) is 11.4 Å². The molecule has 0 aliphatic heterocycles. The Kier molecular flexibility index (Phi) is 2.70. The summed E-state index contributed by atoms with van der Waals surface area (Å²) in [4.78, 5) is 16.5. The molecule has 0 aliphatic carbocycles. The zero-order valence-corrected chi connectivity index (χ0v) is 9.27. The SMILES string of the molecule is Nc1nc(C(=O)O)c(Cc2cccs2)s1. The molecule has 2 aromatic rings. The topological polar surface area (TPSA) is 76.2 Å². The molecule has 0 spiro atoms. The molecule has 0 saturated carbocycles. The van der Waals surface area contributed by atoms with Gasteiger partial charge in [-0.15, -0.1) is 22.7 Å². The van der Waals surface area contributed by atoms with Crippen molar-refractivity contribution in [3.8, 4) is 0 Å².